The zero-order chi connectivity index (χ0) is 20.1. The van der Waals surface area contributed by atoms with Crippen LogP contribution in [-0.2, 0) is 4.79 Å². The molecule has 0 bridgehead atoms. The number of aryl methyl sites for hydroxylation is 1. The zero-order valence-electron chi connectivity index (χ0n) is 15.5. The molecular formula is C19H18ClN3O4S. The SMILES string of the molecule is COc1ccc(-c2nnc(SCC(=O)Nc3cc(C)c(Cl)cc3OC)o2)cc1. The summed E-state index contributed by atoms with van der Waals surface area (Å²) >= 11 is 7.23. The lowest BCUT2D eigenvalue weighted by Crippen LogP contribution is -2.15. The largest absolute Gasteiger partial charge is 0.497 e. The Bertz CT molecular complexity index is 976. The topological polar surface area (TPSA) is 86.5 Å². The molecule has 1 amide bonds. The Morgan fingerprint density at radius 1 is 1.18 bits per heavy atom. The van der Waals surface area contributed by atoms with Crippen LogP contribution in [0.25, 0.3) is 11.5 Å². The summed E-state index contributed by atoms with van der Waals surface area (Å²) in [6.07, 6.45) is 0. The van der Waals surface area contributed by atoms with E-state index in [1.165, 1.54) is 7.11 Å². The van der Waals surface area contributed by atoms with Gasteiger partial charge in [-0.25, -0.2) is 0 Å². The zero-order valence-corrected chi connectivity index (χ0v) is 17.1. The van der Waals surface area contributed by atoms with Crippen LogP contribution in [0.3, 0.4) is 0 Å². The summed E-state index contributed by atoms with van der Waals surface area (Å²) in [6, 6.07) is 10.7. The van der Waals surface area contributed by atoms with Gasteiger partial charge in [0.2, 0.25) is 11.8 Å². The minimum atomic E-state index is -0.228. The number of hydrogen-bond donors (Lipinski definition) is 1. The molecule has 3 aromatic rings. The van der Waals surface area contributed by atoms with Gasteiger partial charge < -0.3 is 19.2 Å². The van der Waals surface area contributed by atoms with Crippen molar-refractivity contribution in [3.63, 3.8) is 0 Å². The molecule has 3 rings (SSSR count). The Morgan fingerprint density at radius 3 is 2.61 bits per heavy atom. The van der Waals surface area contributed by atoms with E-state index in [0.717, 1.165) is 28.6 Å². The number of carbonyl (C=O) groups excluding carboxylic acids is 1. The number of ether oxygens (including phenoxy) is 2. The van der Waals surface area contributed by atoms with E-state index < -0.39 is 0 Å². The van der Waals surface area contributed by atoms with Gasteiger partial charge in [0.25, 0.3) is 5.22 Å². The van der Waals surface area contributed by atoms with Crippen molar-refractivity contribution in [2.24, 2.45) is 0 Å². The second kappa shape index (κ2) is 8.99. The highest BCUT2D eigenvalue weighted by Crippen LogP contribution is 2.31. The number of halogens is 1. The molecule has 1 N–H and O–H groups in total. The summed E-state index contributed by atoms with van der Waals surface area (Å²) in [7, 11) is 3.12. The van der Waals surface area contributed by atoms with E-state index in [4.69, 9.17) is 25.5 Å². The van der Waals surface area contributed by atoms with Gasteiger partial charge in [0, 0.05) is 16.7 Å². The first kappa shape index (κ1) is 20.0. The van der Waals surface area contributed by atoms with Gasteiger partial charge in [0.05, 0.1) is 25.7 Å². The molecule has 0 radical (unpaired) electrons. The first-order valence-electron chi connectivity index (χ1n) is 8.25. The van der Waals surface area contributed by atoms with Gasteiger partial charge >= 0.3 is 0 Å². The lowest BCUT2D eigenvalue weighted by molar-refractivity contribution is -0.113. The average molecular weight is 420 g/mol. The van der Waals surface area contributed by atoms with Crippen LogP contribution in [0, 0.1) is 6.92 Å². The van der Waals surface area contributed by atoms with Crippen molar-refractivity contribution in [3.05, 3.63) is 47.0 Å². The Morgan fingerprint density at radius 2 is 1.93 bits per heavy atom. The number of benzene rings is 2. The molecule has 0 atom stereocenters. The third-order valence-electron chi connectivity index (χ3n) is 3.83. The van der Waals surface area contributed by atoms with Crippen molar-refractivity contribution in [2.75, 3.05) is 25.3 Å². The number of nitrogens with one attached hydrogen (secondary N) is 1. The standard InChI is InChI=1S/C19H18ClN3O4S/c1-11-8-15(16(26-3)9-14(11)20)21-17(24)10-28-19-23-22-18(27-19)12-4-6-13(25-2)7-5-12/h4-9H,10H2,1-3H3,(H,21,24). The van der Waals surface area contributed by atoms with Gasteiger partial charge in [-0.1, -0.05) is 23.4 Å². The molecule has 0 aliphatic carbocycles. The van der Waals surface area contributed by atoms with Crippen LogP contribution in [0.15, 0.2) is 46.0 Å². The Kier molecular flexibility index (Phi) is 6.43. The molecule has 146 valence electrons. The molecule has 9 heteroatoms. The average Bonchev–Trinajstić information content (AvgIpc) is 3.18. The third kappa shape index (κ3) is 4.76. The van der Waals surface area contributed by atoms with E-state index in [1.807, 2.05) is 19.1 Å². The number of thioether (sulfide) groups is 1. The summed E-state index contributed by atoms with van der Waals surface area (Å²) in [4.78, 5) is 12.3. The van der Waals surface area contributed by atoms with Gasteiger partial charge in [0.15, 0.2) is 0 Å². The maximum absolute atomic E-state index is 12.3. The lowest BCUT2D eigenvalue weighted by atomic mass is 10.2. The first-order chi connectivity index (χ1) is 13.5. The lowest BCUT2D eigenvalue weighted by Gasteiger charge is -2.11. The van der Waals surface area contributed by atoms with Crippen molar-refractivity contribution in [2.45, 2.75) is 12.1 Å². The highest BCUT2D eigenvalue weighted by molar-refractivity contribution is 7.99. The summed E-state index contributed by atoms with van der Waals surface area (Å²) in [5.74, 6) is 1.49. The molecule has 0 aliphatic heterocycles. The second-order valence-electron chi connectivity index (χ2n) is 5.74. The van der Waals surface area contributed by atoms with Crippen molar-refractivity contribution in [3.8, 4) is 23.0 Å². The highest BCUT2D eigenvalue weighted by atomic mass is 35.5. The van der Waals surface area contributed by atoms with Crippen molar-refractivity contribution >= 4 is 35.0 Å². The van der Waals surface area contributed by atoms with Crippen LogP contribution in [0.4, 0.5) is 5.69 Å². The van der Waals surface area contributed by atoms with Gasteiger partial charge in [-0.05, 0) is 42.8 Å². The second-order valence-corrected chi connectivity index (χ2v) is 7.07. The van der Waals surface area contributed by atoms with Crippen molar-refractivity contribution < 1.29 is 18.7 Å². The highest BCUT2D eigenvalue weighted by Gasteiger charge is 2.14. The summed E-state index contributed by atoms with van der Waals surface area (Å²) in [5, 5.41) is 11.7. The maximum Gasteiger partial charge on any atom is 0.277 e. The molecule has 0 spiro atoms. The van der Waals surface area contributed by atoms with E-state index in [-0.39, 0.29) is 11.7 Å². The summed E-state index contributed by atoms with van der Waals surface area (Å²) < 4.78 is 16.0. The van der Waals surface area contributed by atoms with E-state index in [0.29, 0.717) is 27.6 Å². The smallest absolute Gasteiger partial charge is 0.277 e. The molecule has 0 saturated heterocycles. The molecule has 7 nitrogen and oxygen atoms in total. The third-order valence-corrected chi connectivity index (χ3v) is 5.05. The Balaban J connectivity index is 1.61. The van der Waals surface area contributed by atoms with Crippen LogP contribution in [0.2, 0.25) is 5.02 Å². The monoisotopic (exact) mass is 419 g/mol. The van der Waals surface area contributed by atoms with Gasteiger partial charge in [-0.15, -0.1) is 10.2 Å². The van der Waals surface area contributed by atoms with Crippen molar-refractivity contribution in [1.29, 1.82) is 0 Å². The van der Waals surface area contributed by atoms with Crippen LogP contribution < -0.4 is 14.8 Å². The predicted molar refractivity (Wildman–Crippen MR) is 108 cm³/mol. The quantitative estimate of drug-likeness (QED) is 0.566. The van der Waals surface area contributed by atoms with Crippen LogP contribution in [-0.4, -0.2) is 36.1 Å². The molecule has 0 fully saturated rings. The van der Waals surface area contributed by atoms with Crippen LogP contribution in [0.1, 0.15) is 5.56 Å². The molecule has 1 heterocycles. The van der Waals surface area contributed by atoms with Gasteiger partial charge in [0.1, 0.15) is 11.5 Å². The molecular weight excluding hydrogens is 402 g/mol. The predicted octanol–water partition coefficient (Wildman–Crippen LogP) is 4.45. The molecule has 1 aromatic heterocycles. The fourth-order valence-corrected chi connectivity index (χ4v) is 3.08. The summed E-state index contributed by atoms with van der Waals surface area (Å²) in [6.45, 7) is 1.85. The van der Waals surface area contributed by atoms with E-state index >= 15 is 0 Å². The first-order valence-corrected chi connectivity index (χ1v) is 9.61. The van der Waals surface area contributed by atoms with Crippen molar-refractivity contribution in [1.82, 2.24) is 10.2 Å². The van der Waals surface area contributed by atoms with Gasteiger partial charge in [-0.2, -0.15) is 0 Å². The number of carbonyl (C=O) groups is 1. The number of nitrogens with zero attached hydrogens (tertiary/aromatic N) is 2. The minimum Gasteiger partial charge on any atom is -0.497 e. The summed E-state index contributed by atoms with van der Waals surface area (Å²) in [5.41, 5.74) is 2.16. The van der Waals surface area contributed by atoms with Gasteiger partial charge in [-0.3, -0.25) is 4.79 Å². The number of rotatable bonds is 7. The Labute approximate surface area is 171 Å². The Hall–Kier alpha value is -2.71. The minimum absolute atomic E-state index is 0.106. The molecule has 2 aromatic carbocycles. The number of amides is 1. The van der Waals surface area contributed by atoms with E-state index in [2.05, 4.69) is 15.5 Å². The number of anilines is 1. The maximum atomic E-state index is 12.3. The number of aromatic nitrogens is 2. The molecule has 0 unspecified atom stereocenters. The number of methoxy groups -OCH3 is 2. The molecule has 0 saturated carbocycles. The fraction of sp³-hybridized carbons (Fsp3) is 0.211. The normalized spacial score (nSPS) is 10.6. The molecule has 28 heavy (non-hydrogen) atoms. The van der Waals surface area contributed by atoms with E-state index in [9.17, 15) is 4.79 Å². The van der Waals surface area contributed by atoms with Crippen LogP contribution >= 0.6 is 23.4 Å². The molecule has 0 aliphatic rings. The van der Waals surface area contributed by atoms with Crippen LogP contribution in [0.5, 0.6) is 11.5 Å². The number of hydrogen-bond acceptors (Lipinski definition) is 7. The fourth-order valence-electron chi connectivity index (χ4n) is 2.36. The van der Waals surface area contributed by atoms with E-state index in [1.54, 1.807) is 31.4 Å².